The molecule has 0 heterocycles. The van der Waals surface area contributed by atoms with Crippen molar-refractivity contribution in [3.63, 3.8) is 0 Å². The summed E-state index contributed by atoms with van der Waals surface area (Å²) in [6, 6.07) is 2.33. The number of carboxylic acid groups (broad SMARTS) is 1. The molecule has 6 heteroatoms. The fourth-order valence-corrected chi connectivity index (χ4v) is 1.36. The summed E-state index contributed by atoms with van der Waals surface area (Å²) in [5.41, 5.74) is -0.0767. The number of nitro benzene ring substituents is 1. The van der Waals surface area contributed by atoms with Crippen LogP contribution in [0.3, 0.4) is 0 Å². The minimum atomic E-state index is -1.22. The molecule has 0 aromatic heterocycles. The van der Waals surface area contributed by atoms with Crippen molar-refractivity contribution in [2.75, 3.05) is 0 Å². The molecule has 6 nitrogen and oxygen atoms in total. The Bertz CT molecular complexity index is 467. The van der Waals surface area contributed by atoms with E-state index in [9.17, 15) is 14.9 Å². The highest BCUT2D eigenvalue weighted by molar-refractivity contribution is 5.89. The summed E-state index contributed by atoms with van der Waals surface area (Å²) in [5, 5.41) is 19.7. The third kappa shape index (κ3) is 2.93. The lowest BCUT2D eigenvalue weighted by Gasteiger charge is -2.13. The Kier molecular flexibility index (Phi) is 3.67. The molecule has 0 amide bonds. The van der Waals surface area contributed by atoms with Crippen LogP contribution in [0, 0.1) is 17.0 Å². The molecule has 92 valence electrons. The van der Waals surface area contributed by atoms with Crippen LogP contribution in [0.1, 0.15) is 29.8 Å². The minimum absolute atomic E-state index is 0.155. The summed E-state index contributed by atoms with van der Waals surface area (Å²) in [6.07, 6.45) is -0.183. The van der Waals surface area contributed by atoms with E-state index in [0.717, 1.165) is 6.07 Å². The van der Waals surface area contributed by atoms with E-state index in [1.807, 2.05) is 0 Å². The van der Waals surface area contributed by atoms with Crippen molar-refractivity contribution in [2.45, 2.75) is 26.9 Å². The molecule has 17 heavy (non-hydrogen) atoms. The van der Waals surface area contributed by atoms with Crippen molar-refractivity contribution in [2.24, 2.45) is 0 Å². The number of aromatic carboxylic acids is 1. The molecule has 0 unspecified atom stereocenters. The second kappa shape index (κ2) is 4.82. The van der Waals surface area contributed by atoms with Gasteiger partial charge in [0.2, 0.25) is 0 Å². The quantitative estimate of drug-likeness (QED) is 0.643. The normalized spacial score (nSPS) is 10.4. The molecule has 0 aliphatic rings. The van der Waals surface area contributed by atoms with Crippen LogP contribution in [0.2, 0.25) is 0 Å². The fourth-order valence-electron chi connectivity index (χ4n) is 1.36. The molecule has 0 bridgehead atoms. The molecule has 0 spiro atoms. The number of hydrogen-bond acceptors (Lipinski definition) is 4. The Morgan fingerprint density at radius 2 is 2.06 bits per heavy atom. The molecule has 0 atom stereocenters. The van der Waals surface area contributed by atoms with Gasteiger partial charge in [0.25, 0.3) is 5.69 Å². The van der Waals surface area contributed by atoms with Gasteiger partial charge in [-0.1, -0.05) is 0 Å². The van der Waals surface area contributed by atoms with E-state index in [4.69, 9.17) is 9.84 Å². The van der Waals surface area contributed by atoms with E-state index >= 15 is 0 Å². The molecule has 0 radical (unpaired) electrons. The number of hydrogen-bond donors (Lipinski definition) is 1. The highest BCUT2D eigenvalue weighted by atomic mass is 16.6. The van der Waals surface area contributed by atoms with E-state index in [1.165, 1.54) is 13.0 Å². The highest BCUT2D eigenvalue weighted by Gasteiger charge is 2.20. The maximum Gasteiger partial charge on any atom is 0.336 e. The third-order valence-electron chi connectivity index (χ3n) is 2.14. The molecule has 0 fully saturated rings. The summed E-state index contributed by atoms with van der Waals surface area (Å²) < 4.78 is 5.36. The smallest absolute Gasteiger partial charge is 0.336 e. The molecule has 1 aromatic rings. The average Bonchev–Trinajstić information content (AvgIpc) is 2.19. The maximum absolute atomic E-state index is 10.8. The maximum atomic E-state index is 10.8. The van der Waals surface area contributed by atoms with Crippen LogP contribution in [-0.2, 0) is 0 Å². The zero-order valence-electron chi connectivity index (χ0n) is 9.76. The van der Waals surface area contributed by atoms with Gasteiger partial charge >= 0.3 is 5.97 Å². The lowest BCUT2D eigenvalue weighted by Crippen LogP contribution is -2.09. The molecule has 1 rings (SSSR count). The second-order valence-corrected chi connectivity index (χ2v) is 3.85. The van der Waals surface area contributed by atoms with Gasteiger partial charge in [-0.3, -0.25) is 10.1 Å². The first-order valence-electron chi connectivity index (χ1n) is 5.02. The standard InChI is InChI=1S/C11H13NO5/c1-6(2)17-10-5-8(11(13)14)4-9(7(10)3)12(15)16/h4-6H,1-3H3,(H,13,14). The van der Waals surface area contributed by atoms with Crippen molar-refractivity contribution in [1.29, 1.82) is 0 Å². The average molecular weight is 239 g/mol. The SMILES string of the molecule is Cc1c(OC(C)C)cc(C(=O)O)cc1[N+](=O)[O-]. The highest BCUT2D eigenvalue weighted by Crippen LogP contribution is 2.30. The predicted octanol–water partition coefficient (Wildman–Crippen LogP) is 2.39. The Balaban J connectivity index is 3.37. The van der Waals surface area contributed by atoms with E-state index in [0.29, 0.717) is 5.56 Å². The van der Waals surface area contributed by atoms with Gasteiger partial charge < -0.3 is 9.84 Å². The lowest BCUT2D eigenvalue weighted by molar-refractivity contribution is -0.385. The van der Waals surface area contributed by atoms with Crippen LogP contribution in [0.4, 0.5) is 5.69 Å². The minimum Gasteiger partial charge on any atom is -0.490 e. The van der Waals surface area contributed by atoms with Gasteiger partial charge in [0.15, 0.2) is 0 Å². The van der Waals surface area contributed by atoms with Crippen molar-refractivity contribution in [1.82, 2.24) is 0 Å². The first-order chi connectivity index (χ1) is 7.82. The number of nitrogens with zero attached hydrogens (tertiary/aromatic N) is 1. The molecule has 0 saturated heterocycles. The number of ether oxygens (including phenoxy) is 1. The van der Waals surface area contributed by atoms with Crippen LogP contribution >= 0.6 is 0 Å². The fraction of sp³-hybridized carbons (Fsp3) is 0.364. The number of carbonyl (C=O) groups is 1. The van der Waals surface area contributed by atoms with Crippen LogP contribution in [0.15, 0.2) is 12.1 Å². The second-order valence-electron chi connectivity index (χ2n) is 3.85. The largest absolute Gasteiger partial charge is 0.490 e. The van der Waals surface area contributed by atoms with Crippen LogP contribution in [0.25, 0.3) is 0 Å². The monoisotopic (exact) mass is 239 g/mol. The molecular weight excluding hydrogens is 226 g/mol. The van der Waals surface area contributed by atoms with Gasteiger partial charge in [0, 0.05) is 6.07 Å². The Morgan fingerprint density at radius 3 is 2.47 bits per heavy atom. The van der Waals surface area contributed by atoms with Crippen LogP contribution < -0.4 is 4.74 Å². The number of carboxylic acids is 1. The first-order valence-corrected chi connectivity index (χ1v) is 5.02. The molecule has 0 aliphatic heterocycles. The van der Waals surface area contributed by atoms with Gasteiger partial charge in [-0.25, -0.2) is 4.79 Å². The van der Waals surface area contributed by atoms with Crippen molar-refractivity contribution in [3.05, 3.63) is 33.4 Å². The van der Waals surface area contributed by atoms with E-state index < -0.39 is 10.9 Å². The van der Waals surface area contributed by atoms with Gasteiger partial charge in [0.1, 0.15) is 5.75 Å². The molecule has 0 aliphatic carbocycles. The summed E-state index contributed by atoms with van der Waals surface area (Å²) in [5.74, 6) is -0.992. The topological polar surface area (TPSA) is 89.7 Å². The Hall–Kier alpha value is -2.11. The molecular formula is C11H13NO5. The Morgan fingerprint density at radius 1 is 1.47 bits per heavy atom. The van der Waals surface area contributed by atoms with Gasteiger partial charge in [0.05, 0.1) is 22.2 Å². The van der Waals surface area contributed by atoms with Gasteiger partial charge in [-0.15, -0.1) is 0 Å². The lowest BCUT2D eigenvalue weighted by atomic mass is 10.1. The number of nitro groups is 1. The summed E-state index contributed by atoms with van der Waals surface area (Å²) >= 11 is 0. The van der Waals surface area contributed by atoms with Crippen molar-refractivity contribution >= 4 is 11.7 Å². The van der Waals surface area contributed by atoms with E-state index in [-0.39, 0.29) is 23.1 Å². The van der Waals surface area contributed by atoms with Gasteiger partial charge in [-0.2, -0.15) is 0 Å². The predicted molar refractivity (Wildman–Crippen MR) is 60.6 cm³/mol. The first kappa shape index (κ1) is 13.0. The summed E-state index contributed by atoms with van der Waals surface area (Å²) in [7, 11) is 0. The number of rotatable bonds is 4. The van der Waals surface area contributed by atoms with Crippen LogP contribution in [0.5, 0.6) is 5.75 Å². The van der Waals surface area contributed by atoms with Crippen molar-refractivity contribution < 1.29 is 19.6 Å². The summed E-state index contributed by atoms with van der Waals surface area (Å²) in [6.45, 7) is 5.05. The molecule has 1 aromatic carbocycles. The molecule has 0 saturated carbocycles. The number of benzene rings is 1. The zero-order valence-corrected chi connectivity index (χ0v) is 9.76. The Labute approximate surface area is 98.0 Å². The third-order valence-corrected chi connectivity index (χ3v) is 2.14. The van der Waals surface area contributed by atoms with Crippen molar-refractivity contribution in [3.8, 4) is 5.75 Å². The summed E-state index contributed by atoms with van der Waals surface area (Å²) in [4.78, 5) is 21.0. The van der Waals surface area contributed by atoms with E-state index in [2.05, 4.69) is 0 Å². The van der Waals surface area contributed by atoms with E-state index in [1.54, 1.807) is 13.8 Å². The van der Waals surface area contributed by atoms with Gasteiger partial charge in [-0.05, 0) is 26.8 Å². The molecule has 1 N–H and O–H groups in total. The zero-order chi connectivity index (χ0) is 13.2. The van der Waals surface area contributed by atoms with Crippen LogP contribution in [-0.4, -0.2) is 22.1 Å².